The smallest absolute Gasteiger partial charge is 0.152 e. The van der Waals surface area contributed by atoms with Crippen molar-refractivity contribution in [1.82, 2.24) is 0 Å². The highest BCUT2D eigenvalue weighted by Gasteiger charge is 1.78. The summed E-state index contributed by atoms with van der Waals surface area (Å²) >= 11 is 0. The highest BCUT2D eigenvalue weighted by atomic mass is 35.5. The highest BCUT2D eigenvalue weighted by molar-refractivity contribution is 5.85. The van der Waals surface area contributed by atoms with Gasteiger partial charge < -0.3 is 16.7 Å². The van der Waals surface area contributed by atoms with Crippen molar-refractivity contribution in [3.63, 3.8) is 0 Å². The average molecular weight is 162 g/mol. The van der Waals surface area contributed by atoms with E-state index in [1.165, 1.54) is 0 Å². The molecule has 0 aromatic heterocycles. The molecule has 0 unspecified atom stereocenters. The molecule has 0 aromatic carbocycles. The largest absolute Gasteiger partial charge is 0.409 e. The molecule has 0 aliphatic rings. The number of nitrogens with two attached hydrogens (primary N) is 2. The molecule has 6 heteroatoms. The van der Waals surface area contributed by atoms with Crippen LogP contribution in [0.25, 0.3) is 0 Å². The van der Waals surface area contributed by atoms with Crippen LogP contribution in [0.3, 0.4) is 0 Å². The minimum Gasteiger partial charge on any atom is -0.409 e. The molecule has 0 aromatic rings. The maximum absolute atomic E-state index is 7.72. The van der Waals surface area contributed by atoms with E-state index in [0.717, 1.165) is 0 Å². The van der Waals surface area contributed by atoms with E-state index in [-0.39, 0.29) is 37.2 Å². The molecule has 0 fully saturated rings. The molecule has 52 valence electrons. The van der Waals surface area contributed by atoms with Gasteiger partial charge in [0.05, 0.1) is 6.54 Å². The van der Waals surface area contributed by atoms with E-state index in [1.807, 2.05) is 0 Å². The maximum Gasteiger partial charge on any atom is 0.152 e. The summed E-state index contributed by atoms with van der Waals surface area (Å²) in [6, 6.07) is 0. The second kappa shape index (κ2) is 9.94. The van der Waals surface area contributed by atoms with Crippen molar-refractivity contribution in [2.75, 3.05) is 6.54 Å². The quantitative estimate of drug-likeness (QED) is 0.211. The summed E-state index contributed by atoms with van der Waals surface area (Å²) in [6.45, 7) is 0.108. The van der Waals surface area contributed by atoms with Gasteiger partial charge in [-0.2, -0.15) is 0 Å². The molecule has 8 heavy (non-hydrogen) atoms. The summed E-state index contributed by atoms with van der Waals surface area (Å²) in [5, 5.41) is 10.3. The first-order chi connectivity index (χ1) is 2.81. The van der Waals surface area contributed by atoms with Gasteiger partial charge in [-0.15, -0.1) is 24.8 Å². The standard InChI is InChI=1S/C2H7N3O.2ClH/c3-1-2(4)5-6;;/h6H,1,3H2,(H2,4,5);2*1H. The molecule has 0 aliphatic heterocycles. The van der Waals surface area contributed by atoms with E-state index in [9.17, 15) is 0 Å². The van der Waals surface area contributed by atoms with Crippen LogP contribution < -0.4 is 11.5 Å². The molecule has 0 heterocycles. The Morgan fingerprint density at radius 2 is 1.88 bits per heavy atom. The van der Waals surface area contributed by atoms with Crippen LogP contribution in [0.5, 0.6) is 0 Å². The fourth-order valence-corrected chi connectivity index (χ4v) is 0.0408. The van der Waals surface area contributed by atoms with Crippen LogP contribution in [0.1, 0.15) is 0 Å². The Bertz CT molecular complexity index is 66.3. The maximum atomic E-state index is 7.72. The first kappa shape index (κ1) is 15.7. The Morgan fingerprint density at radius 3 is 1.88 bits per heavy atom. The fourth-order valence-electron chi connectivity index (χ4n) is 0.0408. The van der Waals surface area contributed by atoms with Gasteiger partial charge in [0.25, 0.3) is 0 Å². The topological polar surface area (TPSA) is 84.6 Å². The monoisotopic (exact) mass is 161 g/mol. The van der Waals surface area contributed by atoms with Gasteiger partial charge in [0.15, 0.2) is 5.84 Å². The summed E-state index contributed by atoms with van der Waals surface area (Å²) in [7, 11) is 0. The third-order valence-electron chi connectivity index (χ3n) is 0.338. The fraction of sp³-hybridized carbons (Fsp3) is 0.500. The van der Waals surface area contributed by atoms with Gasteiger partial charge in [0.2, 0.25) is 0 Å². The molecule has 0 rings (SSSR count). The molecule has 0 saturated carbocycles. The number of oxime groups is 1. The molecule has 4 nitrogen and oxygen atoms in total. The molecule has 0 saturated heterocycles. The van der Waals surface area contributed by atoms with E-state index in [1.54, 1.807) is 0 Å². The Balaban J connectivity index is -0.000000125. The molecule has 0 bridgehead atoms. The third kappa shape index (κ3) is 9.26. The van der Waals surface area contributed by atoms with E-state index >= 15 is 0 Å². The number of rotatable bonds is 1. The minimum absolute atomic E-state index is 0. The summed E-state index contributed by atoms with van der Waals surface area (Å²) in [5.41, 5.74) is 9.71. The summed E-state index contributed by atoms with van der Waals surface area (Å²) in [5.74, 6) is 0.0509. The van der Waals surface area contributed by atoms with E-state index in [0.29, 0.717) is 0 Å². The van der Waals surface area contributed by atoms with Gasteiger partial charge in [-0.1, -0.05) is 5.16 Å². The van der Waals surface area contributed by atoms with Crippen molar-refractivity contribution < 1.29 is 5.21 Å². The Morgan fingerprint density at radius 1 is 1.50 bits per heavy atom. The third-order valence-corrected chi connectivity index (χ3v) is 0.338. The van der Waals surface area contributed by atoms with Gasteiger partial charge in [0, 0.05) is 0 Å². The van der Waals surface area contributed by atoms with Gasteiger partial charge in [0.1, 0.15) is 0 Å². The first-order valence-corrected chi connectivity index (χ1v) is 1.47. The Labute approximate surface area is 59.7 Å². The van der Waals surface area contributed by atoms with Crippen molar-refractivity contribution in [2.24, 2.45) is 16.6 Å². The molecule has 0 amide bonds. The molecule has 0 spiro atoms. The average Bonchev–Trinajstić information content (AvgIpc) is 1.65. The van der Waals surface area contributed by atoms with Crippen LogP contribution >= 0.6 is 24.8 Å². The number of hydrogen-bond donors (Lipinski definition) is 3. The van der Waals surface area contributed by atoms with Crippen LogP contribution in [0.2, 0.25) is 0 Å². The number of halogens is 2. The molecule has 0 aliphatic carbocycles. The SMILES string of the molecule is Cl.Cl.NC/C(N)=N/O. The predicted octanol–water partition coefficient (Wildman–Crippen LogP) is -0.465. The second-order valence-corrected chi connectivity index (χ2v) is 0.795. The van der Waals surface area contributed by atoms with Crippen molar-refractivity contribution >= 4 is 30.6 Å². The molecule has 0 atom stereocenters. The Kier molecular flexibility index (Phi) is 19.4. The van der Waals surface area contributed by atoms with E-state index in [2.05, 4.69) is 5.16 Å². The molecule has 5 N–H and O–H groups in total. The van der Waals surface area contributed by atoms with Crippen LogP contribution in [-0.4, -0.2) is 17.6 Å². The van der Waals surface area contributed by atoms with Crippen molar-refractivity contribution in [3.05, 3.63) is 0 Å². The first-order valence-electron chi connectivity index (χ1n) is 1.47. The lowest BCUT2D eigenvalue weighted by Gasteiger charge is -1.83. The zero-order chi connectivity index (χ0) is 4.99. The summed E-state index contributed by atoms with van der Waals surface area (Å²) < 4.78 is 0. The lowest BCUT2D eigenvalue weighted by molar-refractivity contribution is 0.317. The van der Waals surface area contributed by atoms with Gasteiger partial charge >= 0.3 is 0 Å². The number of amidine groups is 1. The zero-order valence-electron chi connectivity index (χ0n) is 4.07. The highest BCUT2D eigenvalue weighted by Crippen LogP contribution is 1.52. The summed E-state index contributed by atoms with van der Waals surface area (Å²) in [4.78, 5) is 0. The zero-order valence-corrected chi connectivity index (χ0v) is 5.71. The minimum atomic E-state index is 0. The van der Waals surface area contributed by atoms with Crippen LogP contribution in [0.15, 0.2) is 5.16 Å². The van der Waals surface area contributed by atoms with E-state index in [4.69, 9.17) is 16.7 Å². The van der Waals surface area contributed by atoms with Crippen molar-refractivity contribution in [3.8, 4) is 0 Å². The van der Waals surface area contributed by atoms with Gasteiger partial charge in [-0.25, -0.2) is 0 Å². The molecular formula is C2H9Cl2N3O. The van der Waals surface area contributed by atoms with Gasteiger partial charge in [-0.05, 0) is 0 Å². The van der Waals surface area contributed by atoms with Crippen molar-refractivity contribution in [1.29, 1.82) is 0 Å². The molecular weight excluding hydrogens is 153 g/mol. The summed E-state index contributed by atoms with van der Waals surface area (Å²) in [6.07, 6.45) is 0. The predicted molar refractivity (Wildman–Crippen MR) is 37.0 cm³/mol. The number of hydrogen-bond acceptors (Lipinski definition) is 3. The Hall–Kier alpha value is -0.190. The normalized spacial score (nSPS) is 8.88. The van der Waals surface area contributed by atoms with Crippen LogP contribution in [0, 0.1) is 0 Å². The van der Waals surface area contributed by atoms with Crippen LogP contribution in [-0.2, 0) is 0 Å². The van der Waals surface area contributed by atoms with Crippen LogP contribution in [0.4, 0.5) is 0 Å². The van der Waals surface area contributed by atoms with E-state index < -0.39 is 0 Å². The second-order valence-electron chi connectivity index (χ2n) is 0.795. The lowest BCUT2D eigenvalue weighted by Crippen LogP contribution is -2.22. The van der Waals surface area contributed by atoms with Gasteiger partial charge in [-0.3, -0.25) is 0 Å². The van der Waals surface area contributed by atoms with Crippen molar-refractivity contribution in [2.45, 2.75) is 0 Å². The number of nitrogens with zero attached hydrogens (tertiary/aromatic N) is 1. The molecule has 0 radical (unpaired) electrons. The lowest BCUT2D eigenvalue weighted by atomic mass is 10.6.